The average Bonchev–Trinajstić information content (AvgIpc) is 3.35. The molecule has 0 unspecified atom stereocenters. The molecule has 0 bridgehead atoms. The molecule has 5 rings (SSSR count). The van der Waals surface area contributed by atoms with Gasteiger partial charge in [0.2, 0.25) is 5.82 Å². The van der Waals surface area contributed by atoms with Crippen LogP contribution in [0.3, 0.4) is 0 Å². The van der Waals surface area contributed by atoms with Crippen LogP contribution < -0.4 is 10.4 Å². The van der Waals surface area contributed by atoms with Gasteiger partial charge in [0.1, 0.15) is 12.4 Å². The first kappa shape index (κ1) is 17.5. The van der Waals surface area contributed by atoms with E-state index in [2.05, 4.69) is 15.1 Å². The number of H-pyrrole nitrogens is 1. The Morgan fingerprint density at radius 1 is 1.21 bits per heavy atom. The number of nitrogens with one attached hydrogen (secondary N) is 1. The van der Waals surface area contributed by atoms with Crippen molar-refractivity contribution in [2.24, 2.45) is 0 Å². The standard InChI is InChI=1S/C21H15ClN4O3/c1-12-10-23-21(27)26(12)17-4-2-3-14(8-17)19-24-20(29-25-19)15-7-13-5-6-16(22)9-18(13)28-11-15/h2-10H,11H2,1H3,(H,23,27). The number of aryl methyl sites for hydroxylation is 1. The van der Waals surface area contributed by atoms with Crippen LogP contribution in [0.25, 0.3) is 28.7 Å². The Labute approximate surface area is 170 Å². The van der Waals surface area contributed by atoms with Crippen molar-refractivity contribution in [1.82, 2.24) is 19.7 Å². The fourth-order valence-corrected chi connectivity index (χ4v) is 3.45. The van der Waals surface area contributed by atoms with Crippen molar-refractivity contribution >= 4 is 23.3 Å². The van der Waals surface area contributed by atoms with Gasteiger partial charge in [0.05, 0.1) is 11.3 Å². The fraction of sp³-hybridized carbons (Fsp3) is 0.0952. The fourth-order valence-electron chi connectivity index (χ4n) is 3.29. The van der Waals surface area contributed by atoms with Crippen molar-refractivity contribution in [2.45, 2.75) is 6.92 Å². The van der Waals surface area contributed by atoms with Crippen LogP contribution >= 0.6 is 11.6 Å². The predicted octanol–water partition coefficient (Wildman–Crippen LogP) is 4.11. The summed E-state index contributed by atoms with van der Waals surface area (Å²) in [5.41, 5.74) is 3.77. The minimum absolute atomic E-state index is 0.197. The van der Waals surface area contributed by atoms with Crippen LogP contribution in [0.2, 0.25) is 5.02 Å². The Morgan fingerprint density at radius 2 is 2.10 bits per heavy atom. The van der Waals surface area contributed by atoms with Crippen LogP contribution in [0.15, 0.2) is 58.0 Å². The molecule has 4 aromatic rings. The van der Waals surface area contributed by atoms with E-state index in [9.17, 15) is 4.79 Å². The van der Waals surface area contributed by atoms with E-state index in [0.29, 0.717) is 23.3 Å². The van der Waals surface area contributed by atoms with Crippen LogP contribution in [-0.2, 0) is 0 Å². The lowest BCUT2D eigenvalue weighted by molar-refractivity contribution is 0.351. The van der Waals surface area contributed by atoms with Gasteiger partial charge >= 0.3 is 5.69 Å². The SMILES string of the molecule is Cc1c[nH]c(=O)n1-c1cccc(-c2noc(C3=Cc4ccc(Cl)cc4OC3)n2)c1. The number of benzene rings is 2. The van der Waals surface area contributed by atoms with E-state index in [0.717, 1.165) is 33.8 Å². The molecule has 7 nitrogen and oxygen atoms in total. The van der Waals surface area contributed by atoms with E-state index in [1.165, 1.54) is 0 Å². The highest BCUT2D eigenvalue weighted by atomic mass is 35.5. The number of halogens is 1. The molecule has 0 saturated heterocycles. The highest BCUT2D eigenvalue weighted by Crippen LogP contribution is 2.32. The Bertz CT molecular complexity index is 1320. The molecule has 2 aromatic carbocycles. The molecule has 1 aliphatic rings. The van der Waals surface area contributed by atoms with E-state index in [-0.39, 0.29) is 5.69 Å². The van der Waals surface area contributed by atoms with E-state index in [1.807, 2.05) is 43.3 Å². The predicted molar refractivity (Wildman–Crippen MR) is 109 cm³/mol. The summed E-state index contributed by atoms with van der Waals surface area (Å²) in [5, 5.41) is 4.72. The molecule has 3 heterocycles. The van der Waals surface area contributed by atoms with Crippen molar-refractivity contribution < 1.29 is 9.26 Å². The van der Waals surface area contributed by atoms with Crippen molar-refractivity contribution in [3.05, 3.63) is 81.3 Å². The molecule has 0 spiro atoms. The zero-order chi connectivity index (χ0) is 20.0. The van der Waals surface area contributed by atoms with E-state index in [4.69, 9.17) is 20.9 Å². The lowest BCUT2D eigenvalue weighted by atomic mass is 10.1. The molecule has 0 fully saturated rings. The smallest absolute Gasteiger partial charge is 0.330 e. The highest BCUT2D eigenvalue weighted by Gasteiger charge is 2.19. The molecule has 144 valence electrons. The summed E-state index contributed by atoms with van der Waals surface area (Å²) in [6.07, 6.45) is 3.62. The molecule has 1 N–H and O–H groups in total. The number of fused-ring (bicyclic) bond motifs is 1. The van der Waals surface area contributed by atoms with Gasteiger partial charge in [0.25, 0.3) is 5.89 Å². The third-order valence-electron chi connectivity index (χ3n) is 4.71. The van der Waals surface area contributed by atoms with Crippen LogP contribution in [0.1, 0.15) is 17.1 Å². The normalized spacial score (nSPS) is 13.0. The second-order valence-electron chi connectivity index (χ2n) is 6.68. The van der Waals surface area contributed by atoms with Gasteiger partial charge in [-0.15, -0.1) is 0 Å². The van der Waals surface area contributed by atoms with Gasteiger partial charge in [-0.1, -0.05) is 28.9 Å². The lowest BCUT2D eigenvalue weighted by Gasteiger charge is -2.15. The lowest BCUT2D eigenvalue weighted by Crippen LogP contribution is -2.15. The molecule has 0 radical (unpaired) electrons. The summed E-state index contributed by atoms with van der Waals surface area (Å²) < 4.78 is 12.8. The zero-order valence-electron chi connectivity index (χ0n) is 15.3. The summed E-state index contributed by atoms with van der Waals surface area (Å²) in [5.74, 6) is 1.55. The van der Waals surface area contributed by atoms with E-state index < -0.39 is 0 Å². The number of nitrogens with zero attached hydrogens (tertiary/aromatic N) is 3. The number of ether oxygens (including phenoxy) is 1. The Kier molecular flexibility index (Phi) is 4.10. The average molecular weight is 407 g/mol. The number of rotatable bonds is 3. The minimum atomic E-state index is -0.197. The van der Waals surface area contributed by atoms with Crippen molar-refractivity contribution in [2.75, 3.05) is 6.61 Å². The molecule has 0 saturated carbocycles. The molecule has 2 aromatic heterocycles. The Morgan fingerprint density at radius 3 is 2.93 bits per heavy atom. The number of imidazole rings is 1. The first-order chi connectivity index (χ1) is 14.1. The molecule has 29 heavy (non-hydrogen) atoms. The van der Waals surface area contributed by atoms with Gasteiger partial charge in [-0.2, -0.15) is 4.98 Å². The largest absolute Gasteiger partial charge is 0.488 e. The molecule has 8 heteroatoms. The summed E-state index contributed by atoms with van der Waals surface area (Å²) in [6.45, 7) is 2.17. The van der Waals surface area contributed by atoms with E-state index >= 15 is 0 Å². The number of aromatic amines is 1. The second kappa shape index (κ2) is 6.79. The first-order valence-electron chi connectivity index (χ1n) is 8.93. The van der Waals surface area contributed by atoms with Crippen LogP contribution in [0.5, 0.6) is 5.75 Å². The maximum atomic E-state index is 12.0. The van der Waals surface area contributed by atoms with Gasteiger partial charge in [0.15, 0.2) is 0 Å². The molecule has 0 atom stereocenters. The van der Waals surface area contributed by atoms with Gasteiger partial charge in [-0.3, -0.25) is 4.57 Å². The van der Waals surface area contributed by atoms with Crippen molar-refractivity contribution in [3.63, 3.8) is 0 Å². The van der Waals surface area contributed by atoms with Crippen LogP contribution in [-0.4, -0.2) is 26.3 Å². The van der Waals surface area contributed by atoms with Crippen LogP contribution in [0.4, 0.5) is 0 Å². The van der Waals surface area contributed by atoms with Crippen molar-refractivity contribution in [3.8, 4) is 22.8 Å². The summed E-state index contributed by atoms with van der Waals surface area (Å²) in [4.78, 5) is 19.2. The number of aromatic nitrogens is 4. The molecular formula is C21H15ClN4O3. The van der Waals surface area contributed by atoms with Gasteiger partial charge in [-0.05, 0) is 43.3 Å². The van der Waals surface area contributed by atoms with E-state index in [1.54, 1.807) is 22.9 Å². The summed E-state index contributed by atoms with van der Waals surface area (Å²) in [7, 11) is 0. The summed E-state index contributed by atoms with van der Waals surface area (Å²) in [6, 6.07) is 12.9. The molecular weight excluding hydrogens is 392 g/mol. The highest BCUT2D eigenvalue weighted by molar-refractivity contribution is 6.30. The third-order valence-corrected chi connectivity index (χ3v) is 4.95. The zero-order valence-corrected chi connectivity index (χ0v) is 16.1. The third kappa shape index (κ3) is 3.15. The molecule has 1 aliphatic heterocycles. The maximum absolute atomic E-state index is 12.0. The number of hydrogen-bond donors (Lipinski definition) is 1. The minimum Gasteiger partial charge on any atom is -0.488 e. The quantitative estimate of drug-likeness (QED) is 0.553. The topological polar surface area (TPSA) is 85.9 Å². The van der Waals surface area contributed by atoms with Gasteiger partial charge in [0, 0.05) is 28.0 Å². The molecule has 0 aliphatic carbocycles. The Balaban J connectivity index is 1.49. The van der Waals surface area contributed by atoms with Gasteiger partial charge < -0.3 is 14.2 Å². The van der Waals surface area contributed by atoms with Crippen molar-refractivity contribution in [1.29, 1.82) is 0 Å². The Hall–Kier alpha value is -3.58. The summed E-state index contributed by atoms with van der Waals surface area (Å²) >= 11 is 6.01. The maximum Gasteiger partial charge on any atom is 0.330 e. The monoisotopic (exact) mass is 406 g/mol. The molecule has 0 amide bonds. The second-order valence-corrected chi connectivity index (χ2v) is 7.12. The number of hydrogen-bond acceptors (Lipinski definition) is 5. The van der Waals surface area contributed by atoms with Gasteiger partial charge in [-0.25, -0.2) is 4.79 Å². The van der Waals surface area contributed by atoms with Crippen LogP contribution in [0, 0.1) is 6.92 Å². The first-order valence-corrected chi connectivity index (χ1v) is 9.31.